The zero-order valence-electron chi connectivity index (χ0n) is 13.2. The van der Waals surface area contributed by atoms with E-state index in [-0.39, 0.29) is 11.6 Å². The van der Waals surface area contributed by atoms with Gasteiger partial charge in [-0.2, -0.15) is 0 Å². The van der Waals surface area contributed by atoms with Crippen LogP contribution in [0.5, 0.6) is 0 Å². The van der Waals surface area contributed by atoms with Gasteiger partial charge in [-0.1, -0.05) is 0 Å². The second-order valence-electron chi connectivity index (χ2n) is 7.25. The molecule has 1 unspecified atom stereocenters. The Bertz CT molecular complexity index is 318. The van der Waals surface area contributed by atoms with Crippen LogP contribution in [0.25, 0.3) is 0 Å². The molecule has 0 spiro atoms. The standard InChI is InChI=1S/C16H29NO3/c1-16(2,3)20-15(18)11-13-4-5-14(10-13)12-17-6-8-19-9-7-17/h13-14H,4-12H2,1-3H3/t13-,14?/m1/s1. The van der Waals surface area contributed by atoms with Crippen LogP contribution in [0, 0.1) is 11.8 Å². The summed E-state index contributed by atoms with van der Waals surface area (Å²) in [5.74, 6) is 1.24. The maximum Gasteiger partial charge on any atom is 0.306 e. The lowest BCUT2D eigenvalue weighted by Gasteiger charge is -2.29. The lowest BCUT2D eigenvalue weighted by atomic mass is 10.0. The zero-order chi connectivity index (χ0) is 14.6. The van der Waals surface area contributed by atoms with E-state index in [1.165, 1.54) is 25.8 Å². The van der Waals surface area contributed by atoms with Crippen molar-refractivity contribution in [3.05, 3.63) is 0 Å². The molecule has 0 aromatic heterocycles. The minimum absolute atomic E-state index is 0.0328. The summed E-state index contributed by atoms with van der Waals surface area (Å²) in [5.41, 5.74) is -0.358. The van der Waals surface area contributed by atoms with Crippen molar-refractivity contribution in [2.24, 2.45) is 11.8 Å². The summed E-state index contributed by atoms with van der Waals surface area (Å²) >= 11 is 0. The summed E-state index contributed by atoms with van der Waals surface area (Å²) in [6, 6.07) is 0. The van der Waals surface area contributed by atoms with Crippen molar-refractivity contribution < 1.29 is 14.3 Å². The Hall–Kier alpha value is -0.610. The molecule has 1 saturated carbocycles. The van der Waals surface area contributed by atoms with Crippen LogP contribution in [-0.2, 0) is 14.3 Å². The molecule has 4 nitrogen and oxygen atoms in total. The molecule has 0 radical (unpaired) electrons. The molecule has 1 aliphatic carbocycles. The first kappa shape index (κ1) is 15.8. The predicted molar refractivity (Wildman–Crippen MR) is 78.6 cm³/mol. The summed E-state index contributed by atoms with van der Waals surface area (Å²) in [5, 5.41) is 0. The molecule has 2 aliphatic rings. The average molecular weight is 283 g/mol. The molecule has 4 heteroatoms. The fraction of sp³-hybridized carbons (Fsp3) is 0.938. The van der Waals surface area contributed by atoms with E-state index >= 15 is 0 Å². The van der Waals surface area contributed by atoms with E-state index in [2.05, 4.69) is 4.90 Å². The molecule has 1 heterocycles. The fourth-order valence-electron chi connectivity index (χ4n) is 3.30. The Kier molecular flexibility index (Phi) is 5.44. The summed E-state index contributed by atoms with van der Waals surface area (Å²) < 4.78 is 10.8. The topological polar surface area (TPSA) is 38.8 Å². The molecule has 116 valence electrons. The summed E-state index contributed by atoms with van der Waals surface area (Å²) in [7, 11) is 0. The molecule has 0 aromatic rings. The maximum absolute atomic E-state index is 11.9. The van der Waals surface area contributed by atoms with Crippen molar-refractivity contribution in [3.63, 3.8) is 0 Å². The van der Waals surface area contributed by atoms with Crippen molar-refractivity contribution in [1.82, 2.24) is 4.90 Å². The smallest absolute Gasteiger partial charge is 0.306 e. The molecule has 0 aromatic carbocycles. The molecule has 0 bridgehead atoms. The number of ether oxygens (including phenoxy) is 2. The Labute approximate surface area is 122 Å². The van der Waals surface area contributed by atoms with Crippen LogP contribution in [-0.4, -0.2) is 49.3 Å². The van der Waals surface area contributed by atoms with Crippen molar-refractivity contribution >= 4 is 5.97 Å². The molecule has 2 rings (SSSR count). The van der Waals surface area contributed by atoms with E-state index in [1.807, 2.05) is 20.8 Å². The first-order valence-electron chi connectivity index (χ1n) is 7.94. The molecule has 2 atom stereocenters. The quantitative estimate of drug-likeness (QED) is 0.743. The van der Waals surface area contributed by atoms with Gasteiger partial charge in [0.25, 0.3) is 0 Å². The van der Waals surface area contributed by atoms with Crippen LogP contribution in [0.3, 0.4) is 0 Å². The highest BCUT2D eigenvalue weighted by Crippen LogP contribution is 2.34. The number of morpholine rings is 1. The third kappa shape index (κ3) is 5.41. The van der Waals surface area contributed by atoms with Gasteiger partial charge in [0, 0.05) is 26.1 Å². The Morgan fingerprint density at radius 2 is 1.85 bits per heavy atom. The lowest BCUT2D eigenvalue weighted by molar-refractivity contribution is -0.155. The third-order valence-electron chi connectivity index (χ3n) is 4.15. The highest BCUT2D eigenvalue weighted by atomic mass is 16.6. The van der Waals surface area contributed by atoms with Gasteiger partial charge >= 0.3 is 5.97 Å². The number of rotatable bonds is 4. The normalized spacial score (nSPS) is 28.6. The van der Waals surface area contributed by atoms with Crippen LogP contribution < -0.4 is 0 Å². The predicted octanol–water partition coefficient (Wildman–Crippen LogP) is 2.47. The maximum atomic E-state index is 11.9. The number of carbonyl (C=O) groups is 1. The number of esters is 1. The van der Waals surface area contributed by atoms with E-state index in [0.717, 1.165) is 32.2 Å². The molecule has 2 fully saturated rings. The largest absolute Gasteiger partial charge is 0.460 e. The summed E-state index contributed by atoms with van der Waals surface area (Å²) in [4.78, 5) is 14.4. The fourth-order valence-corrected chi connectivity index (χ4v) is 3.30. The second kappa shape index (κ2) is 6.90. The van der Waals surface area contributed by atoms with Gasteiger partial charge in [0.15, 0.2) is 0 Å². The van der Waals surface area contributed by atoms with Gasteiger partial charge in [-0.05, 0) is 51.9 Å². The van der Waals surface area contributed by atoms with Crippen LogP contribution in [0.4, 0.5) is 0 Å². The van der Waals surface area contributed by atoms with Gasteiger partial charge in [-0.25, -0.2) is 0 Å². The van der Waals surface area contributed by atoms with Gasteiger partial charge in [0.1, 0.15) is 5.60 Å². The Morgan fingerprint density at radius 3 is 2.50 bits per heavy atom. The summed E-state index contributed by atoms with van der Waals surface area (Å²) in [6.07, 6.45) is 4.20. The Balaban J connectivity index is 1.68. The average Bonchev–Trinajstić information content (AvgIpc) is 2.75. The molecular weight excluding hydrogens is 254 g/mol. The van der Waals surface area contributed by atoms with E-state index in [0.29, 0.717) is 12.3 Å². The molecule has 0 amide bonds. The van der Waals surface area contributed by atoms with Crippen molar-refractivity contribution in [1.29, 1.82) is 0 Å². The monoisotopic (exact) mass is 283 g/mol. The molecule has 1 aliphatic heterocycles. The van der Waals surface area contributed by atoms with Gasteiger partial charge in [-0.3, -0.25) is 9.69 Å². The van der Waals surface area contributed by atoms with Gasteiger partial charge in [0.05, 0.1) is 13.2 Å². The van der Waals surface area contributed by atoms with Crippen molar-refractivity contribution in [2.75, 3.05) is 32.8 Å². The lowest BCUT2D eigenvalue weighted by Crippen LogP contribution is -2.39. The van der Waals surface area contributed by atoms with Gasteiger partial charge in [-0.15, -0.1) is 0 Å². The number of carbonyl (C=O) groups excluding carboxylic acids is 1. The Morgan fingerprint density at radius 1 is 1.20 bits per heavy atom. The number of hydrogen-bond acceptors (Lipinski definition) is 4. The van der Waals surface area contributed by atoms with Crippen LogP contribution in [0.15, 0.2) is 0 Å². The van der Waals surface area contributed by atoms with E-state index in [4.69, 9.17) is 9.47 Å². The minimum Gasteiger partial charge on any atom is -0.460 e. The van der Waals surface area contributed by atoms with Crippen LogP contribution in [0.2, 0.25) is 0 Å². The zero-order valence-corrected chi connectivity index (χ0v) is 13.2. The van der Waals surface area contributed by atoms with Crippen LogP contribution in [0.1, 0.15) is 46.5 Å². The SMILES string of the molecule is CC(C)(C)OC(=O)C[C@@H]1CCC(CN2CCOCC2)C1. The van der Waals surface area contributed by atoms with Gasteiger partial charge < -0.3 is 9.47 Å². The first-order chi connectivity index (χ1) is 9.42. The van der Waals surface area contributed by atoms with Crippen molar-refractivity contribution in [3.8, 4) is 0 Å². The van der Waals surface area contributed by atoms with Crippen molar-refractivity contribution in [2.45, 2.75) is 52.1 Å². The number of nitrogens with zero attached hydrogens (tertiary/aromatic N) is 1. The molecular formula is C16H29NO3. The minimum atomic E-state index is -0.358. The molecule has 20 heavy (non-hydrogen) atoms. The third-order valence-corrected chi connectivity index (χ3v) is 4.15. The highest BCUT2D eigenvalue weighted by molar-refractivity contribution is 5.70. The van der Waals surface area contributed by atoms with E-state index in [9.17, 15) is 4.79 Å². The summed E-state index contributed by atoms with van der Waals surface area (Å²) in [6.45, 7) is 10.8. The highest BCUT2D eigenvalue weighted by Gasteiger charge is 2.29. The van der Waals surface area contributed by atoms with Gasteiger partial charge in [0.2, 0.25) is 0 Å². The number of hydrogen-bond donors (Lipinski definition) is 0. The molecule has 0 N–H and O–H groups in total. The van der Waals surface area contributed by atoms with Crippen LogP contribution >= 0.6 is 0 Å². The van der Waals surface area contributed by atoms with E-state index < -0.39 is 0 Å². The second-order valence-corrected chi connectivity index (χ2v) is 7.25. The first-order valence-corrected chi connectivity index (χ1v) is 7.94. The van der Waals surface area contributed by atoms with E-state index in [1.54, 1.807) is 0 Å². The molecule has 1 saturated heterocycles.